The van der Waals surface area contributed by atoms with Crippen molar-refractivity contribution in [2.24, 2.45) is 5.92 Å². The van der Waals surface area contributed by atoms with Crippen molar-refractivity contribution in [3.8, 4) is 5.75 Å². The van der Waals surface area contributed by atoms with Gasteiger partial charge >= 0.3 is 5.97 Å². The molecule has 0 bridgehead atoms. The SMILES string of the molecule is CCC(=O)OC(C)c1cnccc1N1CCC(COc2ccc3c(c2)CNCC3)CC1. The number of piperidine rings is 1. The zero-order valence-electron chi connectivity index (χ0n) is 18.6. The number of pyridine rings is 1. The molecule has 0 amide bonds. The summed E-state index contributed by atoms with van der Waals surface area (Å²) in [6, 6.07) is 8.55. The predicted octanol–water partition coefficient (Wildman–Crippen LogP) is 4.04. The number of fused-ring (bicyclic) bond motifs is 1. The summed E-state index contributed by atoms with van der Waals surface area (Å²) in [4.78, 5) is 18.4. The molecule has 1 atom stereocenters. The van der Waals surface area contributed by atoms with Crippen molar-refractivity contribution in [3.05, 3.63) is 53.3 Å². The van der Waals surface area contributed by atoms with Gasteiger partial charge in [0.05, 0.1) is 6.61 Å². The first-order chi connectivity index (χ1) is 15.1. The lowest BCUT2D eigenvalue weighted by Crippen LogP contribution is -2.36. The van der Waals surface area contributed by atoms with E-state index in [4.69, 9.17) is 9.47 Å². The number of hydrogen-bond donors (Lipinski definition) is 1. The van der Waals surface area contributed by atoms with Gasteiger partial charge in [-0.25, -0.2) is 0 Å². The molecule has 3 heterocycles. The minimum Gasteiger partial charge on any atom is -0.493 e. The van der Waals surface area contributed by atoms with Gasteiger partial charge in [-0.2, -0.15) is 0 Å². The van der Waals surface area contributed by atoms with Crippen LogP contribution in [0.15, 0.2) is 36.7 Å². The quantitative estimate of drug-likeness (QED) is 0.678. The van der Waals surface area contributed by atoms with Gasteiger partial charge < -0.3 is 19.7 Å². The van der Waals surface area contributed by atoms with Crippen LogP contribution < -0.4 is 15.0 Å². The van der Waals surface area contributed by atoms with Gasteiger partial charge in [-0.1, -0.05) is 13.0 Å². The summed E-state index contributed by atoms with van der Waals surface area (Å²) in [6.45, 7) is 8.42. The normalized spacial score (nSPS) is 17.7. The second kappa shape index (κ2) is 10.1. The zero-order valence-corrected chi connectivity index (χ0v) is 18.6. The maximum atomic E-state index is 11.7. The van der Waals surface area contributed by atoms with Crippen LogP contribution in [0.1, 0.15) is 55.9 Å². The summed E-state index contributed by atoms with van der Waals surface area (Å²) in [5.41, 5.74) is 4.89. The Hall–Kier alpha value is -2.60. The van der Waals surface area contributed by atoms with Crippen molar-refractivity contribution < 1.29 is 14.3 Å². The lowest BCUT2D eigenvalue weighted by Gasteiger charge is -2.35. The molecule has 0 radical (unpaired) electrons. The van der Waals surface area contributed by atoms with Crippen LogP contribution in [-0.2, 0) is 22.5 Å². The fourth-order valence-electron chi connectivity index (χ4n) is 4.45. The number of carbonyl (C=O) groups is 1. The fourth-order valence-corrected chi connectivity index (χ4v) is 4.45. The first-order valence-corrected chi connectivity index (χ1v) is 11.5. The molecular weight excluding hydrogens is 390 g/mol. The topological polar surface area (TPSA) is 63.7 Å². The molecule has 1 fully saturated rings. The monoisotopic (exact) mass is 423 g/mol. The Morgan fingerprint density at radius 3 is 2.90 bits per heavy atom. The number of ether oxygens (including phenoxy) is 2. The highest BCUT2D eigenvalue weighted by Crippen LogP contribution is 2.31. The second-order valence-electron chi connectivity index (χ2n) is 8.52. The van der Waals surface area contributed by atoms with Crippen molar-refractivity contribution in [1.82, 2.24) is 10.3 Å². The van der Waals surface area contributed by atoms with Gasteiger partial charge in [0, 0.05) is 49.7 Å². The average molecular weight is 424 g/mol. The highest BCUT2D eigenvalue weighted by atomic mass is 16.5. The van der Waals surface area contributed by atoms with E-state index < -0.39 is 0 Å². The highest BCUT2D eigenvalue weighted by Gasteiger charge is 2.24. The molecule has 4 rings (SSSR count). The van der Waals surface area contributed by atoms with Crippen LogP contribution in [0.4, 0.5) is 5.69 Å². The van der Waals surface area contributed by atoms with Gasteiger partial charge in [0.15, 0.2) is 0 Å². The molecule has 1 unspecified atom stereocenters. The minimum absolute atomic E-state index is 0.184. The van der Waals surface area contributed by atoms with Crippen molar-refractivity contribution in [2.75, 3.05) is 31.1 Å². The molecule has 1 saturated heterocycles. The standard InChI is InChI=1S/C25H33N3O3/c1-3-25(29)31-18(2)23-16-27-11-7-24(23)28-12-8-19(9-13-28)17-30-22-5-4-20-6-10-26-15-21(20)14-22/h4-5,7,11,14,16,18-19,26H,3,6,8-10,12-13,15,17H2,1-2H3. The van der Waals surface area contributed by atoms with E-state index in [-0.39, 0.29) is 12.1 Å². The third-order valence-electron chi connectivity index (χ3n) is 6.37. The highest BCUT2D eigenvalue weighted by molar-refractivity contribution is 5.69. The van der Waals surface area contributed by atoms with E-state index in [1.165, 1.54) is 11.1 Å². The van der Waals surface area contributed by atoms with E-state index in [0.717, 1.165) is 69.0 Å². The first kappa shape index (κ1) is 21.6. The fraction of sp³-hybridized carbons (Fsp3) is 0.520. The van der Waals surface area contributed by atoms with E-state index in [1.54, 1.807) is 0 Å². The van der Waals surface area contributed by atoms with E-state index in [0.29, 0.717) is 12.3 Å². The molecule has 2 aromatic rings. The number of anilines is 1. The molecule has 2 aliphatic rings. The second-order valence-corrected chi connectivity index (χ2v) is 8.52. The van der Waals surface area contributed by atoms with Gasteiger partial charge in [-0.15, -0.1) is 0 Å². The van der Waals surface area contributed by atoms with Gasteiger partial charge in [-0.05, 0) is 68.0 Å². The van der Waals surface area contributed by atoms with E-state index in [1.807, 2.05) is 32.3 Å². The smallest absolute Gasteiger partial charge is 0.306 e. The molecule has 1 aromatic carbocycles. The van der Waals surface area contributed by atoms with Crippen LogP contribution >= 0.6 is 0 Å². The Morgan fingerprint density at radius 1 is 1.26 bits per heavy atom. The van der Waals surface area contributed by atoms with Crippen LogP contribution in [0.5, 0.6) is 5.75 Å². The van der Waals surface area contributed by atoms with Gasteiger partial charge in [0.1, 0.15) is 11.9 Å². The van der Waals surface area contributed by atoms with E-state index in [9.17, 15) is 4.79 Å². The number of benzene rings is 1. The molecule has 1 N–H and O–H groups in total. The van der Waals surface area contributed by atoms with Crippen molar-refractivity contribution in [1.29, 1.82) is 0 Å². The number of nitrogens with one attached hydrogen (secondary N) is 1. The third-order valence-corrected chi connectivity index (χ3v) is 6.37. The molecule has 0 spiro atoms. The van der Waals surface area contributed by atoms with Gasteiger partial charge in [-0.3, -0.25) is 9.78 Å². The number of hydrogen-bond acceptors (Lipinski definition) is 6. The Balaban J connectivity index is 1.31. The molecule has 31 heavy (non-hydrogen) atoms. The Kier molecular flexibility index (Phi) is 7.07. The Morgan fingerprint density at radius 2 is 2.10 bits per heavy atom. The van der Waals surface area contributed by atoms with Gasteiger partial charge in [0.2, 0.25) is 0 Å². The number of rotatable bonds is 7. The molecule has 166 valence electrons. The average Bonchev–Trinajstić information content (AvgIpc) is 2.82. The molecular formula is C25H33N3O3. The number of nitrogens with zero attached hydrogens (tertiary/aromatic N) is 2. The minimum atomic E-state index is -0.296. The van der Waals surface area contributed by atoms with Crippen LogP contribution in [0, 0.1) is 5.92 Å². The van der Waals surface area contributed by atoms with Crippen molar-refractivity contribution in [3.63, 3.8) is 0 Å². The largest absolute Gasteiger partial charge is 0.493 e. The molecule has 0 saturated carbocycles. The number of carbonyl (C=O) groups excluding carboxylic acids is 1. The summed E-state index contributed by atoms with van der Waals surface area (Å²) in [5, 5.41) is 3.43. The molecule has 6 nitrogen and oxygen atoms in total. The summed E-state index contributed by atoms with van der Waals surface area (Å²) in [5.74, 6) is 1.34. The van der Waals surface area contributed by atoms with Crippen LogP contribution in [0.3, 0.4) is 0 Å². The van der Waals surface area contributed by atoms with Crippen molar-refractivity contribution in [2.45, 2.75) is 52.2 Å². The summed E-state index contributed by atoms with van der Waals surface area (Å²) in [7, 11) is 0. The maximum Gasteiger partial charge on any atom is 0.306 e. The predicted molar refractivity (Wildman–Crippen MR) is 121 cm³/mol. The van der Waals surface area contributed by atoms with Crippen LogP contribution in [0.2, 0.25) is 0 Å². The van der Waals surface area contributed by atoms with Crippen LogP contribution in [-0.4, -0.2) is 37.2 Å². The zero-order chi connectivity index (χ0) is 21.6. The molecule has 6 heteroatoms. The van der Waals surface area contributed by atoms with E-state index >= 15 is 0 Å². The third kappa shape index (κ3) is 5.37. The van der Waals surface area contributed by atoms with Crippen molar-refractivity contribution >= 4 is 11.7 Å². The first-order valence-electron chi connectivity index (χ1n) is 11.5. The van der Waals surface area contributed by atoms with Gasteiger partial charge in [0.25, 0.3) is 0 Å². The molecule has 2 aliphatic heterocycles. The molecule has 1 aromatic heterocycles. The maximum absolute atomic E-state index is 11.7. The summed E-state index contributed by atoms with van der Waals surface area (Å²) in [6.07, 6.45) is 6.98. The molecule has 0 aliphatic carbocycles. The Bertz CT molecular complexity index is 893. The van der Waals surface area contributed by atoms with E-state index in [2.05, 4.69) is 33.4 Å². The Labute approximate surface area is 185 Å². The summed E-state index contributed by atoms with van der Waals surface area (Å²) >= 11 is 0. The van der Waals surface area contributed by atoms with Crippen LogP contribution in [0.25, 0.3) is 0 Å². The number of aromatic nitrogens is 1. The summed E-state index contributed by atoms with van der Waals surface area (Å²) < 4.78 is 11.7. The number of esters is 1. The lowest BCUT2D eigenvalue weighted by atomic mass is 9.96. The lowest BCUT2D eigenvalue weighted by molar-refractivity contribution is -0.148.